The molecule has 1 unspecified atom stereocenters. The standard InChI is InChI=1S/C12H17N3O3/c1-15-4-3-8(5-11(15)16)12(17)14-9-6-13-7-10(9)18-2/h3-5,9-10,13H,6-7H2,1-2H3,(H,14,17)/t9?,10-/m0/s1. The molecule has 1 aliphatic heterocycles. The van der Waals surface area contributed by atoms with Crippen LogP contribution < -0.4 is 16.2 Å². The third kappa shape index (κ3) is 2.60. The van der Waals surface area contributed by atoms with Crippen molar-refractivity contribution >= 4 is 5.91 Å². The van der Waals surface area contributed by atoms with Crippen molar-refractivity contribution in [1.29, 1.82) is 0 Å². The third-order valence-electron chi connectivity index (χ3n) is 3.14. The Morgan fingerprint density at radius 2 is 2.33 bits per heavy atom. The number of amides is 1. The fraction of sp³-hybridized carbons (Fsp3) is 0.500. The molecule has 6 heteroatoms. The van der Waals surface area contributed by atoms with E-state index in [9.17, 15) is 9.59 Å². The van der Waals surface area contributed by atoms with Gasteiger partial charge in [-0.05, 0) is 6.07 Å². The Morgan fingerprint density at radius 1 is 1.56 bits per heavy atom. The molecular weight excluding hydrogens is 234 g/mol. The average Bonchev–Trinajstić information content (AvgIpc) is 2.79. The van der Waals surface area contributed by atoms with Crippen molar-refractivity contribution in [2.24, 2.45) is 7.05 Å². The molecule has 0 spiro atoms. The maximum absolute atomic E-state index is 12.0. The number of nitrogens with zero attached hydrogens (tertiary/aromatic N) is 1. The van der Waals surface area contributed by atoms with E-state index < -0.39 is 0 Å². The number of aryl methyl sites for hydroxylation is 1. The van der Waals surface area contributed by atoms with E-state index in [-0.39, 0.29) is 23.6 Å². The van der Waals surface area contributed by atoms with Gasteiger partial charge in [-0.15, -0.1) is 0 Å². The number of carbonyl (C=O) groups is 1. The minimum absolute atomic E-state index is 0.0273. The Kier molecular flexibility index (Phi) is 3.78. The smallest absolute Gasteiger partial charge is 0.251 e. The summed E-state index contributed by atoms with van der Waals surface area (Å²) in [5.41, 5.74) is 0.176. The van der Waals surface area contributed by atoms with Crippen LogP contribution >= 0.6 is 0 Å². The molecule has 0 aliphatic carbocycles. The van der Waals surface area contributed by atoms with Crippen molar-refractivity contribution in [2.75, 3.05) is 20.2 Å². The second-order valence-electron chi connectivity index (χ2n) is 4.38. The van der Waals surface area contributed by atoms with Crippen molar-refractivity contribution < 1.29 is 9.53 Å². The number of carbonyl (C=O) groups excluding carboxylic acids is 1. The van der Waals surface area contributed by atoms with Crippen LogP contribution in [0.4, 0.5) is 0 Å². The van der Waals surface area contributed by atoms with Crippen LogP contribution in [0.25, 0.3) is 0 Å². The molecular formula is C12H17N3O3. The molecule has 1 aromatic rings. The molecule has 2 N–H and O–H groups in total. The topological polar surface area (TPSA) is 72.4 Å². The lowest BCUT2D eigenvalue weighted by atomic mass is 10.2. The highest BCUT2D eigenvalue weighted by Crippen LogP contribution is 2.05. The maximum Gasteiger partial charge on any atom is 0.251 e. The van der Waals surface area contributed by atoms with Crippen LogP contribution in [-0.2, 0) is 11.8 Å². The quantitative estimate of drug-likeness (QED) is 0.730. The van der Waals surface area contributed by atoms with Crippen molar-refractivity contribution in [2.45, 2.75) is 12.1 Å². The molecule has 0 aromatic carbocycles. The fourth-order valence-electron chi connectivity index (χ4n) is 1.99. The predicted octanol–water partition coefficient (Wildman–Crippen LogP) is -0.898. The van der Waals surface area contributed by atoms with E-state index in [4.69, 9.17) is 4.74 Å². The van der Waals surface area contributed by atoms with E-state index in [1.165, 1.54) is 10.6 Å². The van der Waals surface area contributed by atoms with Crippen molar-refractivity contribution in [1.82, 2.24) is 15.2 Å². The molecule has 2 heterocycles. The number of pyridine rings is 1. The monoisotopic (exact) mass is 251 g/mol. The molecule has 2 rings (SSSR count). The zero-order valence-electron chi connectivity index (χ0n) is 10.5. The first kappa shape index (κ1) is 12.8. The van der Waals surface area contributed by atoms with Crippen LogP contribution in [0.1, 0.15) is 10.4 Å². The lowest BCUT2D eigenvalue weighted by Gasteiger charge is -2.18. The summed E-state index contributed by atoms with van der Waals surface area (Å²) in [7, 11) is 3.26. The van der Waals surface area contributed by atoms with Crippen molar-refractivity contribution in [3.8, 4) is 0 Å². The van der Waals surface area contributed by atoms with E-state index in [0.717, 1.165) is 6.54 Å². The van der Waals surface area contributed by atoms with Gasteiger partial charge in [0.1, 0.15) is 0 Å². The summed E-state index contributed by atoms with van der Waals surface area (Å²) in [4.78, 5) is 23.4. The fourth-order valence-corrected chi connectivity index (χ4v) is 1.99. The van der Waals surface area contributed by atoms with Gasteiger partial charge in [-0.1, -0.05) is 0 Å². The molecule has 6 nitrogen and oxygen atoms in total. The second-order valence-corrected chi connectivity index (χ2v) is 4.38. The number of ether oxygens (including phenoxy) is 1. The van der Waals surface area contributed by atoms with E-state index in [0.29, 0.717) is 12.1 Å². The summed E-state index contributed by atoms with van der Waals surface area (Å²) in [5, 5.41) is 6.01. The largest absolute Gasteiger partial charge is 0.378 e. The highest BCUT2D eigenvalue weighted by molar-refractivity contribution is 5.94. The molecule has 2 atom stereocenters. The van der Waals surface area contributed by atoms with Gasteiger partial charge in [-0.2, -0.15) is 0 Å². The number of hydrogen-bond donors (Lipinski definition) is 2. The Labute approximate surface area is 105 Å². The van der Waals surface area contributed by atoms with E-state index in [1.807, 2.05) is 0 Å². The minimum Gasteiger partial charge on any atom is -0.378 e. The van der Waals surface area contributed by atoms with Crippen LogP contribution in [0, 0.1) is 0 Å². The SMILES string of the molecule is CO[C@H]1CNCC1NC(=O)c1ccn(C)c(=O)c1. The normalized spacial score (nSPS) is 23.0. The van der Waals surface area contributed by atoms with E-state index >= 15 is 0 Å². The number of rotatable bonds is 3. The zero-order chi connectivity index (χ0) is 13.1. The number of aromatic nitrogens is 1. The second kappa shape index (κ2) is 5.32. The molecule has 18 heavy (non-hydrogen) atoms. The van der Waals surface area contributed by atoms with Crippen molar-refractivity contribution in [3.63, 3.8) is 0 Å². The van der Waals surface area contributed by atoms with Gasteiger partial charge in [-0.3, -0.25) is 9.59 Å². The van der Waals surface area contributed by atoms with Gasteiger partial charge in [0.25, 0.3) is 11.5 Å². The van der Waals surface area contributed by atoms with Gasteiger partial charge in [0.15, 0.2) is 0 Å². The molecule has 1 aromatic heterocycles. The van der Waals surface area contributed by atoms with Crippen LogP contribution in [0.2, 0.25) is 0 Å². The van der Waals surface area contributed by atoms with Gasteiger partial charge in [0.05, 0.1) is 12.1 Å². The Bertz CT molecular complexity index is 498. The first-order valence-corrected chi connectivity index (χ1v) is 5.83. The average molecular weight is 251 g/mol. The first-order valence-electron chi connectivity index (χ1n) is 5.83. The molecule has 98 valence electrons. The van der Waals surface area contributed by atoms with Crippen LogP contribution in [0.5, 0.6) is 0 Å². The highest BCUT2D eigenvalue weighted by atomic mass is 16.5. The Hall–Kier alpha value is -1.66. The molecule has 0 saturated carbocycles. The van der Waals surface area contributed by atoms with Crippen LogP contribution in [0.3, 0.4) is 0 Å². The summed E-state index contributed by atoms with van der Waals surface area (Å²) < 4.78 is 6.68. The van der Waals surface area contributed by atoms with Gasteiger partial charge in [0.2, 0.25) is 0 Å². The maximum atomic E-state index is 12.0. The summed E-state index contributed by atoms with van der Waals surface area (Å²) in [6, 6.07) is 2.90. The predicted molar refractivity (Wildman–Crippen MR) is 66.6 cm³/mol. The lowest BCUT2D eigenvalue weighted by molar-refractivity contribution is 0.0779. The summed E-state index contributed by atoms with van der Waals surface area (Å²) in [6.07, 6.45) is 1.55. The number of nitrogens with one attached hydrogen (secondary N) is 2. The van der Waals surface area contributed by atoms with Gasteiger partial charge in [-0.25, -0.2) is 0 Å². The Morgan fingerprint density at radius 3 is 3.00 bits per heavy atom. The van der Waals surface area contributed by atoms with E-state index in [1.54, 1.807) is 26.4 Å². The van der Waals surface area contributed by atoms with E-state index in [2.05, 4.69) is 10.6 Å². The lowest BCUT2D eigenvalue weighted by Crippen LogP contribution is -2.43. The Balaban J connectivity index is 2.07. The highest BCUT2D eigenvalue weighted by Gasteiger charge is 2.28. The van der Waals surface area contributed by atoms with Gasteiger partial charge >= 0.3 is 0 Å². The summed E-state index contributed by atoms with van der Waals surface area (Å²) in [5.74, 6) is -0.247. The molecule has 1 fully saturated rings. The third-order valence-corrected chi connectivity index (χ3v) is 3.14. The summed E-state index contributed by atoms with van der Waals surface area (Å²) in [6.45, 7) is 1.40. The number of methoxy groups -OCH3 is 1. The molecule has 1 aliphatic rings. The zero-order valence-corrected chi connectivity index (χ0v) is 10.5. The minimum atomic E-state index is -0.247. The van der Waals surface area contributed by atoms with Crippen LogP contribution in [0.15, 0.2) is 23.1 Å². The number of hydrogen-bond acceptors (Lipinski definition) is 4. The van der Waals surface area contributed by atoms with Crippen LogP contribution in [-0.4, -0.2) is 42.8 Å². The first-order chi connectivity index (χ1) is 8.61. The molecule has 0 radical (unpaired) electrons. The van der Waals surface area contributed by atoms with Crippen molar-refractivity contribution in [3.05, 3.63) is 34.2 Å². The van der Waals surface area contributed by atoms with Gasteiger partial charge < -0.3 is 19.9 Å². The molecule has 1 saturated heterocycles. The molecule has 1 amide bonds. The van der Waals surface area contributed by atoms with Gasteiger partial charge in [0, 0.05) is 45.1 Å². The summed E-state index contributed by atoms with van der Waals surface area (Å²) >= 11 is 0. The molecule has 0 bridgehead atoms.